The van der Waals surface area contributed by atoms with Crippen LogP contribution in [0, 0.1) is 11.6 Å². The summed E-state index contributed by atoms with van der Waals surface area (Å²) in [5.74, 6) is -1.39. The van der Waals surface area contributed by atoms with Crippen molar-refractivity contribution in [2.24, 2.45) is 0 Å². The maximum atomic E-state index is 13.3. The molecule has 0 heterocycles. The van der Waals surface area contributed by atoms with Crippen LogP contribution < -0.4 is 10.6 Å². The zero-order valence-corrected chi connectivity index (χ0v) is 9.32. The van der Waals surface area contributed by atoms with Gasteiger partial charge in [0.1, 0.15) is 5.82 Å². The summed E-state index contributed by atoms with van der Waals surface area (Å²) in [5, 5.41) is 0. The van der Waals surface area contributed by atoms with Crippen molar-refractivity contribution >= 4 is 17.1 Å². The number of nitrogens with two attached hydrogens (primary N) is 1. The van der Waals surface area contributed by atoms with E-state index in [1.807, 2.05) is 30.3 Å². The Morgan fingerprint density at radius 1 is 1.06 bits per heavy atom. The van der Waals surface area contributed by atoms with E-state index in [0.717, 1.165) is 11.8 Å². The molecular formula is C13H12F2N2. The van der Waals surface area contributed by atoms with E-state index in [2.05, 4.69) is 0 Å². The molecule has 2 aromatic rings. The van der Waals surface area contributed by atoms with Crippen LogP contribution in [0.15, 0.2) is 42.5 Å². The number of hydrogen-bond acceptors (Lipinski definition) is 2. The van der Waals surface area contributed by atoms with Gasteiger partial charge in [-0.3, -0.25) is 0 Å². The molecule has 0 radical (unpaired) electrons. The van der Waals surface area contributed by atoms with Gasteiger partial charge in [0, 0.05) is 18.8 Å². The topological polar surface area (TPSA) is 29.3 Å². The van der Waals surface area contributed by atoms with Crippen molar-refractivity contribution in [1.82, 2.24) is 0 Å². The van der Waals surface area contributed by atoms with Crippen LogP contribution in [-0.2, 0) is 0 Å². The van der Waals surface area contributed by atoms with Crippen LogP contribution in [0.1, 0.15) is 0 Å². The molecule has 2 aromatic carbocycles. The molecule has 2 N–H and O–H groups in total. The van der Waals surface area contributed by atoms with Crippen molar-refractivity contribution in [2.45, 2.75) is 0 Å². The molecule has 0 saturated heterocycles. The van der Waals surface area contributed by atoms with Gasteiger partial charge in [0.05, 0.1) is 11.4 Å². The molecule has 0 atom stereocenters. The second-order valence-electron chi connectivity index (χ2n) is 3.71. The van der Waals surface area contributed by atoms with Crippen LogP contribution in [-0.4, -0.2) is 7.05 Å². The number of anilines is 3. The highest BCUT2D eigenvalue weighted by molar-refractivity contribution is 5.74. The first-order valence-electron chi connectivity index (χ1n) is 5.13. The van der Waals surface area contributed by atoms with E-state index in [-0.39, 0.29) is 5.69 Å². The Kier molecular flexibility index (Phi) is 2.95. The number of para-hydroxylation sites is 1. The van der Waals surface area contributed by atoms with Crippen LogP contribution in [0.2, 0.25) is 0 Å². The molecule has 17 heavy (non-hydrogen) atoms. The molecule has 4 heteroatoms. The largest absolute Gasteiger partial charge is 0.395 e. The molecule has 0 amide bonds. The third-order valence-corrected chi connectivity index (χ3v) is 2.58. The lowest BCUT2D eigenvalue weighted by atomic mass is 10.2. The van der Waals surface area contributed by atoms with Gasteiger partial charge in [0.15, 0.2) is 5.82 Å². The summed E-state index contributed by atoms with van der Waals surface area (Å²) >= 11 is 0. The highest BCUT2D eigenvalue weighted by Crippen LogP contribution is 2.31. The lowest BCUT2D eigenvalue weighted by Gasteiger charge is -2.21. The number of nitrogens with zero attached hydrogens (tertiary/aromatic N) is 1. The van der Waals surface area contributed by atoms with Crippen LogP contribution in [0.3, 0.4) is 0 Å². The molecule has 0 aliphatic heterocycles. The summed E-state index contributed by atoms with van der Waals surface area (Å²) in [4.78, 5) is 1.64. The molecule has 2 nitrogen and oxygen atoms in total. The third-order valence-electron chi connectivity index (χ3n) is 2.58. The second kappa shape index (κ2) is 4.41. The summed E-state index contributed by atoms with van der Waals surface area (Å²) in [5.41, 5.74) is 6.67. The summed E-state index contributed by atoms with van der Waals surface area (Å²) in [7, 11) is 1.71. The molecule has 0 saturated carbocycles. The standard InChI is InChI=1S/C13H12F2N2/c1-17(10-5-3-2-4-6-10)12-8-9(14)7-11(15)13(12)16/h2-8H,16H2,1H3. The Morgan fingerprint density at radius 3 is 2.35 bits per heavy atom. The fourth-order valence-corrected chi connectivity index (χ4v) is 1.64. The van der Waals surface area contributed by atoms with Crippen LogP contribution >= 0.6 is 0 Å². The quantitative estimate of drug-likeness (QED) is 0.808. The maximum absolute atomic E-state index is 13.3. The van der Waals surface area contributed by atoms with Crippen molar-refractivity contribution in [1.29, 1.82) is 0 Å². The smallest absolute Gasteiger partial charge is 0.151 e. The fraction of sp³-hybridized carbons (Fsp3) is 0.0769. The SMILES string of the molecule is CN(c1ccccc1)c1cc(F)cc(F)c1N. The second-order valence-corrected chi connectivity index (χ2v) is 3.71. The molecule has 0 fully saturated rings. The van der Waals surface area contributed by atoms with Gasteiger partial charge in [-0.25, -0.2) is 8.78 Å². The predicted molar refractivity (Wildman–Crippen MR) is 65.3 cm³/mol. The number of rotatable bonds is 2. The van der Waals surface area contributed by atoms with E-state index in [1.165, 1.54) is 6.07 Å². The molecule has 0 bridgehead atoms. The highest BCUT2D eigenvalue weighted by Gasteiger charge is 2.12. The number of hydrogen-bond donors (Lipinski definition) is 1. The first-order valence-corrected chi connectivity index (χ1v) is 5.13. The van der Waals surface area contributed by atoms with Gasteiger partial charge in [-0.1, -0.05) is 18.2 Å². The van der Waals surface area contributed by atoms with E-state index >= 15 is 0 Å². The van der Waals surface area contributed by atoms with Crippen molar-refractivity contribution in [3.8, 4) is 0 Å². The molecular weight excluding hydrogens is 222 g/mol. The lowest BCUT2D eigenvalue weighted by Crippen LogP contribution is -2.12. The number of benzene rings is 2. The minimum Gasteiger partial charge on any atom is -0.395 e. The third kappa shape index (κ3) is 2.20. The minimum absolute atomic E-state index is 0.0576. The Bertz CT molecular complexity index is 526. The number of nitrogen functional groups attached to an aromatic ring is 1. The van der Waals surface area contributed by atoms with Crippen molar-refractivity contribution in [2.75, 3.05) is 17.7 Å². The van der Waals surface area contributed by atoms with E-state index in [1.54, 1.807) is 11.9 Å². The molecule has 0 unspecified atom stereocenters. The zero-order valence-electron chi connectivity index (χ0n) is 9.32. The zero-order chi connectivity index (χ0) is 12.4. The van der Waals surface area contributed by atoms with Gasteiger partial charge < -0.3 is 10.6 Å². The summed E-state index contributed by atoms with van der Waals surface area (Å²) in [6.07, 6.45) is 0. The Morgan fingerprint density at radius 2 is 1.71 bits per heavy atom. The van der Waals surface area contributed by atoms with Crippen LogP contribution in [0.25, 0.3) is 0 Å². The van der Waals surface area contributed by atoms with E-state index in [0.29, 0.717) is 5.69 Å². The van der Waals surface area contributed by atoms with E-state index in [9.17, 15) is 8.78 Å². The fourth-order valence-electron chi connectivity index (χ4n) is 1.64. The average molecular weight is 234 g/mol. The molecule has 2 rings (SSSR count). The molecule has 0 aliphatic rings. The summed E-state index contributed by atoms with van der Waals surface area (Å²) in [6, 6.07) is 11.2. The Balaban J connectivity index is 2.48. The molecule has 0 spiro atoms. The van der Waals surface area contributed by atoms with Gasteiger partial charge in [-0.15, -0.1) is 0 Å². The monoisotopic (exact) mass is 234 g/mol. The Hall–Kier alpha value is -2.10. The van der Waals surface area contributed by atoms with E-state index < -0.39 is 11.6 Å². The minimum atomic E-state index is -0.747. The van der Waals surface area contributed by atoms with Crippen molar-refractivity contribution in [3.63, 3.8) is 0 Å². The van der Waals surface area contributed by atoms with E-state index in [4.69, 9.17) is 5.73 Å². The van der Waals surface area contributed by atoms with Crippen LogP contribution in [0.5, 0.6) is 0 Å². The lowest BCUT2D eigenvalue weighted by molar-refractivity contribution is 0.586. The summed E-state index contributed by atoms with van der Waals surface area (Å²) in [6.45, 7) is 0. The van der Waals surface area contributed by atoms with Gasteiger partial charge in [0.25, 0.3) is 0 Å². The average Bonchev–Trinajstić information content (AvgIpc) is 2.34. The van der Waals surface area contributed by atoms with Crippen molar-refractivity contribution in [3.05, 3.63) is 54.1 Å². The predicted octanol–water partition coefficient (Wildman–Crippen LogP) is 3.31. The van der Waals surface area contributed by atoms with Gasteiger partial charge >= 0.3 is 0 Å². The molecule has 0 aromatic heterocycles. The van der Waals surface area contributed by atoms with Gasteiger partial charge in [-0.05, 0) is 18.2 Å². The molecule has 0 aliphatic carbocycles. The van der Waals surface area contributed by atoms with Crippen LogP contribution in [0.4, 0.5) is 25.8 Å². The maximum Gasteiger partial charge on any atom is 0.151 e. The summed E-state index contributed by atoms with van der Waals surface area (Å²) < 4.78 is 26.5. The van der Waals surface area contributed by atoms with Gasteiger partial charge in [-0.2, -0.15) is 0 Å². The Labute approximate surface area is 98.3 Å². The first kappa shape index (κ1) is 11.4. The van der Waals surface area contributed by atoms with Crippen molar-refractivity contribution < 1.29 is 8.78 Å². The normalized spacial score (nSPS) is 10.3. The highest BCUT2D eigenvalue weighted by atomic mass is 19.1. The first-order chi connectivity index (χ1) is 8.09. The van der Waals surface area contributed by atoms with Gasteiger partial charge in [0.2, 0.25) is 0 Å². The molecule has 88 valence electrons. The number of halogens is 2.